The first-order valence-electron chi connectivity index (χ1n) is 8.24. The fraction of sp³-hybridized carbons (Fsp3) is 0. The van der Waals surface area contributed by atoms with E-state index in [9.17, 15) is 30.2 Å². The molecule has 0 aliphatic heterocycles. The van der Waals surface area contributed by atoms with Gasteiger partial charge < -0.3 is 25.9 Å². The number of phenolic OH excluding ortho intramolecular Hbond substituents is 4. The zero-order chi connectivity index (χ0) is 22.0. The van der Waals surface area contributed by atoms with Crippen molar-refractivity contribution in [2.75, 3.05) is 0 Å². The van der Waals surface area contributed by atoms with Crippen LogP contribution in [-0.4, -0.2) is 25.9 Å². The van der Waals surface area contributed by atoms with Crippen molar-refractivity contribution < 1.29 is 25.9 Å². The number of fused-ring (bicyclic) bond motifs is 2. The van der Waals surface area contributed by atoms with Gasteiger partial charge in [0, 0.05) is 21.5 Å². The van der Waals surface area contributed by atoms with Crippen LogP contribution < -0.4 is 0 Å². The smallest absolute Gasteiger partial charge is 0.168 e. The first kappa shape index (κ1) is 23.6. The van der Waals surface area contributed by atoms with Crippen molar-refractivity contribution in [1.82, 2.24) is 0 Å². The molecule has 160 valence electrons. The minimum Gasteiger partial charge on any atom is -0.506 e. The van der Waals surface area contributed by atoms with Gasteiger partial charge in [0.25, 0.3) is 0 Å². The lowest BCUT2D eigenvalue weighted by atomic mass is 10.1. The Bertz CT molecular complexity index is 1210. The van der Waals surface area contributed by atoms with Gasteiger partial charge in [-0.1, -0.05) is 71.7 Å². The van der Waals surface area contributed by atoms with Gasteiger partial charge in [-0.2, -0.15) is 0 Å². The van der Waals surface area contributed by atoms with Gasteiger partial charge >= 0.3 is 0 Å². The summed E-state index contributed by atoms with van der Waals surface area (Å²) in [6.07, 6.45) is 0. The second-order valence-electron chi connectivity index (χ2n) is 5.99. The second kappa shape index (κ2) is 9.43. The molecule has 6 N–H and O–H groups in total. The highest BCUT2D eigenvalue weighted by molar-refractivity contribution is 6.36. The number of nitrogens with zero attached hydrogens (tertiary/aromatic N) is 2. The molecule has 0 radical (unpaired) electrons. The molecule has 0 aliphatic rings. The lowest BCUT2D eigenvalue weighted by Gasteiger charge is -2.07. The minimum atomic E-state index is -0.497. The molecule has 0 spiro atoms. The van der Waals surface area contributed by atoms with Gasteiger partial charge in [-0.25, -0.2) is 0 Å². The quantitative estimate of drug-likeness (QED) is 0.273. The van der Waals surface area contributed by atoms with Crippen LogP contribution in [0.2, 0.25) is 10.0 Å². The number of benzene rings is 4. The Labute approximate surface area is 184 Å². The van der Waals surface area contributed by atoms with Gasteiger partial charge in [0.2, 0.25) is 0 Å². The Hall–Kier alpha value is -3.66. The Morgan fingerprint density at radius 3 is 1.13 bits per heavy atom. The molecule has 0 bridgehead atoms. The van der Waals surface area contributed by atoms with Crippen LogP contribution >= 0.6 is 23.2 Å². The van der Waals surface area contributed by atoms with Gasteiger partial charge in [0.15, 0.2) is 22.9 Å². The highest BCUT2D eigenvalue weighted by atomic mass is 35.5. The van der Waals surface area contributed by atoms with Crippen LogP contribution in [0, 0.1) is 9.81 Å². The van der Waals surface area contributed by atoms with E-state index in [-0.39, 0.29) is 38.4 Å². The number of nitroso groups, excluding NO2 is 2. The molecule has 0 amide bonds. The van der Waals surface area contributed by atoms with E-state index in [2.05, 4.69) is 10.4 Å². The maximum Gasteiger partial charge on any atom is 0.168 e. The summed E-state index contributed by atoms with van der Waals surface area (Å²) in [6, 6.07) is 13.0. The zero-order valence-electron chi connectivity index (χ0n) is 15.4. The molecule has 31 heavy (non-hydrogen) atoms. The predicted molar refractivity (Wildman–Crippen MR) is 119 cm³/mol. The van der Waals surface area contributed by atoms with Gasteiger partial charge in [-0.15, -0.1) is 9.81 Å². The van der Waals surface area contributed by atoms with Crippen LogP contribution in [-0.2, 0) is 0 Å². The molecule has 0 unspecified atom stereocenters. The van der Waals surface area contributed by atoms with E-state index >= 15 is 0 Å². The third-order valence-electron chi connectivity index (χ3n) is 4.34. The van der Waals surface area contributed by atoms with Crippen LogP contribution in [0.25, 0.3) is 21.5 Å². The van der Waals surface area contributed by atoms with Crippen LogP contribution in [0.5, 0.6) is 23.0 Å². The molecule has 0 saturated heterocycles. The standard InChI is InChI=1S/2C10H6ClNO3.H2O/c2*11-7-9(13)6-4-2-1-3-5(6)8(12-15)10(7)14;/h2*1-4,13-14H;1H2. The molecule has 0 atom stereocenters. The number of rotatable bonds is 2. The van der Waals surface area contributed by atoms with E-state index in [1.165, 1.54) is 0 Å². The average molecular weight is 465 g/mol. The van der Waals surface area contributed by atoms with Gasteiger partial charge in [0.05, 0.1) is 0 Å². The Morgan fingerprint density at radius 2 is 0.839 bits per heavy atom. The van der Waals surface area contributed by atoms with E-state index in [1.807, 2.05) is 0 Å². The van der Waals surface area contributed by atoms with Gasteiger partial charge in [0.1, 0.15) is 21.5 Å². The number of aromatic hydroxyl groups is 4. The zero-order valence-corrected chi connectivity index (χ0v) is 16.9. The number of phenols is 4. The molecular formula is C20H14Cl2N2O7. The predicted octanol–water partition coefficient (Wildman–Crippen LogP) is 5.78. The molecule has 0 aliphatic carbocycles. The molecule has 4 rings (SSSR count). The van der Waals surface area contributed by atoms with Crippen LogP contribution in [0.1, 0.15) is 0 Å². The fourth-order valence-electron chi connectivity index (χ4n) is 2.90. The highest BCUT2D eigenvalue weighted by Gasteiger charge is 2.18. The summed E-state index contributed by atoms with van der Waals surface area (Å²) in [5.74, 6) is -1.50. The summed E-state index contributed by atoms with van der Waals surface area (Å²) in [6.45, 7) is 0. The van der Waals surface area contributed by atoms with Crippen molar-refractivity contribution in [3.8, 4) is 23.0 Å². The molecule has 0 saturated carbocycles. The van der Waals surface area contributed by atoms with Crippen molar-refractivity contribution in [2.45, 2.75) is 0 Å². The highest BCUT2D eigenvalue weighted by Crippen LogP contribution is 2.48. The summed E-state index contributed by atoms with van der Waals surface area (Å²) in [5, 5.41) is 44.6. The normalized spacial score (nSPS) is 10.1. The Morgan fingerprint density at radius 1 is 0.548 bits per heavy atom. The second-order valence-corrected chi connectivity index (χ2v) is 6.75. The molecule has 4 aromatic rings. The summed E-state index contributed by atoms with van der Waals surface area (Å²) in [4.78, 5) is 21.1. The third-order valence-corrected chi connectivity index (χ3v) is 5.05. The average Bonchev–Trinajstić information content (AvgIpc) is 2.77. The summed E-state index contributed by atoms with van der Waals surface area (Å²) in [7, 11) is 0. The first-order valence-corrected chi connectivity index (χ1v) is 9.00. The number of hydrogen-bond acceptors (Lipinski definition) is 8. The molecule has 0 aromatic heterocycles. The number of halogens is 2. The number of hydrogen-bond donors (Lipinski definition) is 4. The van der Waals surface area contributed by atoms with Gasteiger partial charge in [-0.3, -0.25) is 0 Å². The third kappa shape index (κ3) is 4.02. The molecule has 0 heterocycles. The molecule has 11 heteroatoms. The van der Waals surface area contributed by atoms with Crippen molar-refractivity contribution in [2.24, 2.45) is 10.4 Å². The van der Waals surface area contributed by atoms with E-state index in [0.717, 1.165) is 0 Å². The maximum atomic E-state index is 10.6. The van der Waals surface area contributed by atoms with Crippen LogP contribution in [0.3, 0.4) is 0 Å². The molecule has 0 fully saturated rings. The van der Waals surface area contributed by atoms with Crippen LogP contribution in [0.15, 0.2) is 58.9 Å². The molecule has 4 aromatic carbocycles. The minimum absolute atomic E-state index is 0. The fourth-order valence-corrected chi connectivity index (χ4v) is 3.28. The molecular weight excluding hydrogens is 451 g/mol. The molecule has 9 nitrogen and oxygen atoms in total. The topological polar surface area (TPSA) is 171 Å². The maximum absolute atomic E-state index is 10.6. The van der Waals surface area contributed by atoms with Crippen molar-refractivity contribution in [1.29, 1.82) is 0 Å². The Balaban J connectivity index is 0.000000213. The summed E-state index contributed by atoms with van der Waals surface area (Å²) in [5.41, 5.74) is -0.318. The monoisotopic (exact) mass is 464 g/mol. The first-order chi connectivity index (χ1) is 14.3. The summed E-state index contributed by atoms with van der Waals surface area (Å²) < 4.78 is 0. The van der Waals surface area contributed by atoms with Gasteiger partial charge in [-0.05, 0) is 10.4 Å². The Kier molecular flexibility index (Phi) is 7.19. The van der Waals surface area contributed by atoms with Crippen molar-refractivity contribution in [3.05, 3.63) is 68.4 Å². The SMILES string of the molecule is O.O=Nc1c(O)c(Cl)c(O)c2ccccc12.O=Nc1c(O)c(Cl)c(O)c2ccccc12. The lowest BCUT2D eigenvalue weighted by molar-refractivity contribution is 0.455. The van der Waals surface area contributed by atoms with E-state index in [0.29, 0.717) is 21.5 Å². The van der Waals surface area contributed by atoms with E-state index in [4.69, 9.17) is 23.2 Å². The largest absolute Gasteiger partial charge is 0.506 e. The summed E-state index contributed by atoms with van der Waals surface area (Å²) >= 11 is 11.3. The van der Waals surface area contributed by atoms with Crippen molar-refractivity contribution >= 4 is 56.1 Å². The van der Waals surface area contributed by atoms with Crippen LogP contribution in [0.4, 0.5) is 11.4 Å². The van der Waals surface area contributed by atoms with E-state index in [1.54, 1.807) is 48.5 Å². The lowest BCUT2D eigenvalue weighted by Crippen LogP contribution is -1.79. The van der Waals surface area contributed by atoms with E-state index < -0.39 is 11.5 Å². The van der Waals surface area contributed by atoms with Crippen molar-refractivity contribution in [3.63, 3.8) is 0 Å².